The van der Waals surface area contributed by atoms with Crippen LogP contribution in [-0.4, -0.2) is 59.6 Å². The molecule has 6 rings (SSSR count). The van der Waals surface area contributed by atoms with E-state index in [1.54, 1.807) is 31.4 Å². The maximum absolute atomic E-state index is 14.4. The van der Waals surface area contributed by atoms with Gasteiger partial charge in [-0.15, -0.1) is 0 Å². The number of amides is 3. The number of nitrogens with one attached hydrogen (secondary N) is 2. The van der Waals surface area contributed by atoms with E-state index in [0.29, 0.717) is 17.4 Å². The van der Waals surface area contributed by atoms with Crippen LogP contribution in [0.3, 0.4) is 0 Å². The number of carbonyl (C=O) groups is 3. The SMILES string of the molecule is COc1ccc(NC(=O)[C@H]2[C@H]3C=C[C@]4(O3)[C@H](C(=O)NC3CCCCC3)N([C@@H]3CCC[C@H](C)[C@H]3C)C(=O)[C@@H]24)cc1. The lowest BCUT2D eigenvalue weighted by Crippen LogP contribution is -2.60. The summed E-state index contributed by atoms with van der Waals surface area (Å²) >= 11 is 0. The lowest BCUT2D eigenvalue weighted by atomic mass is 9.74. The minimum absolute atomic E-state index is 0.0512. The van der Waals surface area contributed by atoms with Gasteiger partial charge in [0.15, 0.2) is 0 Å². The van der Waals surface area contributed by atoms with Crippen molar-refractivity contribution in [2.45, 2.75) is 95.0 Å². The fraction of sp³-hybridized carbons (Fsp3) is 0.645. The van der Waals surface area contributed by atoms with Gasteiger partial charge < -0.3 is 25.0 Å². The Morgan fingerprint density at radius 1 is 1.00 bits per heavy atom. The zero-order chi connectivity index (χ0) is 27.3. The largest absolute Gasteiger partial charge is 0.497 e. The van der Waals surface area contributed by atoms with E-state index in [1.165, 1.54) is 6.42 Å². The van der Waals surface area contributed by atoms with Crippen molar-refractivity contribution >= 4 is 23.4 Å². The van der Waals surface area contributed by atoms with E-state index in [9.17, 15) is 14.4 Å². The van der Waals surface area contributed by atoms with E-state index in [1.807, 2.05) is 17.1 Å². The molecule has 2 saturated carbocycles. The number of hydrogen-bond donors (Lipinski definition) is 2. The van der Waals surface area contributed by atoms with Crippen LogP contribution in [0.25, 0.3) is 0 Å². The predicted molar refractivity (Wildman–Crippen MR) is 147 cm³/mol. The molecular weight excluding hydrogens is 494 g/mol. The summed E-state index contributed by atoms with van der Waals surface area (Å²) in [6.07, 6.45) is 11.6. The summed E-state index contributed by atoms with van der Waals surface area (Å²) in [4.78, 5) is 44.1. The van der Waals surface area contributed by atoms with E-state index in [2.05, 4.69) is 24.5 Å². The van der Waals surface area contributed by atoms with Gasteiger partial charge in [0, 0.05) is 17.8 Å². The molecule has 2 aliphatic carbocycles. The zero-order valence-electron chi connectivity index (χ0n) is 23.2. The molecule has 8 heteroatoms. The van der Waals surface area contributed by atoms with E-state index in [-0.39, 0.29) is 35.7 Å². The molecule has 39 heavy (non-hydrogen) atoms. The third kappa shape index (κ3) is 4.35. The van der Waals surface area contributed by atoms with Gasteiger partial charge in [-0.3, -0.25) is 14.4 Å². The van der Waals surface area contributed by atoms with Gasteiger partial charge in [0.05, 0.1) is 25.0 Å². The van der Waals surface area contributed by atoms with Crippen LogP contribution in [0.2, 0.25) is 0 Å². The number of ether oxygens (including phenoxy) is 2. The second-order valence-electron chi connectivity index (χ2n) is 12.3. The first-order valence-corrected chi connectivity index (χ1v) is 14.8. The second kappa shape index (κ2) is 10.3. The molecule has 2 saturated heterocycles. The number of benzene rings is 1. The Bertz CT molecular complexity index is 1150. The van der Waals surface area contributed by atoms with E-state index < -0.39 is 29.6 Å². The maximum atomic E-state index is 14.4. The number of hydrogen-bond acceptors (Lipinski definition) is 5. The number of likely N-dealkylation sites (tertiary alicyclic amines) is 1. The van der Waals surface area contributed by atoms with E-state index in [4.69, 9.17) is 9.47 Å². The Labute approximate surface area is 230 Å². The minimum atomic E-state index is -1.12. The molecule has 2 bridgehead atoms. The number of anilines is 1. The van der Waals surface area contributed by atoms with Gasteiger partial charge in [-0.25, -0.2) is 0 Å². The number of rotatable bonds is 6. The highest BCUT2D eigenvalue weighted by Gasteiger charge is 2.73. The van der Waals surface area contributed by atoms with Crippen molar-refractivity contribution in [2.24, 2.45) is 23.7 Å². The summed E-state index contributed by atoms with van der Waals surface area (Å²) in [5, 5.41) is 6.29. The molecule has 8 nitrogen and oxygen atoms in total. The smallest absolute Gasteiger partial charge is 0.246 e. The Kier molecular flexibility index (Phi) is 6.94. The standard InChI is InChI=1S/C31H41N3O5/c1-18-8-7-11-23(19(18)2)34-27(29(36)33-20-9-5-4-6-10-20)31-17-16-24(39-31)25(26(31)30(34)37)28(35)32-21-12-14-22(38-3)15-13-21/h12-20,23-27H,4-11H2,1-3H3,(H,32,35)(H,33,36)/t18-,19+,23+,24+,25-,26+,27-,31+/m0/s1. The van der Waals surface area contributed by atoms with Crippen LogP contribution < -0.4 is 15.4 Å². The summed E-state index contributed by atoms with van der Waals surface area (Å²) in [5.74, 6) is -0.519. The first-order chi connectivity index (χ1) is 18.8. The fourth-order valence-corrected chi connectivity index (χ4v) is 7.94. The molecule has 0 unspecified atom stereocenters. The molecular formula is C31H41N3O5. The van der Waals surface area contributed by atoms with Gasteiger partial charge in [-0.2, -0.15) is 0 Å². The highest BCUT2D eigenvalue weighted by molar-refractivity contribution is 6.03. The summed E-state index contributed by atoms with van der Waals surface area (Å²) < 4.78 is 11.8. The van der Waals surface area contributed by atoms with Crippen molar-refractivity contribution in [2.75, 3.05) is 12.4 Å². The molecule has 3 aliphatic heterocycles. The van der Waals surface area contributed by atoms with E-state index >= 15 is 0 Å². The number of nitrogens with zero attached hydrogens (tertiary/aromatic N) is 1. The normalized spacial score (nSPS) is 37.6. The number of carbonyl (C=O) groups excluding carboxylic acids is 3. The van der Waals surface area contributed by atoms with Crippen LogP contribution in [0.5, 0.6) is 5.75 Å². The summed E-state index contributed by atoms with van der Waals surface area (Å²) in [5.41, 5.74) is -0.492. The first-order valence-electron chi connectivity index (χ1n) is 14.8. The molecule has 3 heterocycles. The lowest BCUT2D eigenvalue weighted by molar-refractivity contribution is -0.146. The van der Waals surface area contributed by atoms with Crippen molar-refractivity contribution in [1.29, 1.82) is 0 Å². The molecule has 5 aliphatic rings. The molecule has 1 aromatic rings. The number of methoxy groups -OCH3 is 1. The number of fused-ring (bicyclic) bond motifs is 1. The Balaban J connectivity index is 1.32. The third-order valence-corrected chi connectivity index (χ3v) is 10.2. The van der Waals surface area contributed by atoms with Crippen molar-refractivity contribution in [3.05, 3.63) is 36.4 Å². The zero-order valence-corrected chi connectivity index (χ0v) is 23.2. The highest BCUT2D eigenvalue weighted by atomic mass is 16.5. The molecule has 0 aromatic heterocycles. The van der Waals surface area contributed by atoms with Gasteiger partial charge in [0.25, 0.3) is 0 Å². The molecule has 0 radical (unpaired) electrons. The van der Waals surface area contributed by atoms with Crippen molar-refractivity contribution in [3.8, 4) is 5.75 Å². The molecule has 3 amide bonds. The molecule has 4 fully saturated rings. The van der Waals surface area contributed by atoms with Gasteiger partial charge in [0.1, 0.15) is 17.4 Å². The van der Waals surface area contributed by atoms with Crippen LogP contribution in [0.4, 0.5) is 5.69 Å². The highest BCUT2D eigenvalue weighted by Crippen LogP contribution is 2.56. The van der Waals surface area contributed by atoms with Crippen LogP contribution in [-0.2, 0) is 19.1 Å². The predicted octanol–water partition coefficient (Wildman–Crippen LogP) is 4.06. The van der Waals surface area contributed by atoms with Crippen molar-refractivity contribution in [1.82, 2.24) is 10.2 Å². The first kappa shape index (κ1) is 26.4. The van der Waals surface area contributed by atoms with Crippen LogP contribution in [0, 0.1) is 23.7 Å². The van der Waals surface area contributed by atoms with Gasteiger partial charge >= 0.3 is 0 Å². The molecule has 8 atom stereocenters. The van der Waals surface area contributed by atoms with Gasteiger partial charge in [-0.1, -0.05) is 58.1 Å². The topological polar surface area (TPSA) is 97.0 Å². The average Bonchev–Trinajstić information content (AvgIpc) is 3.58. The third-order valence-electron chi connectivity index (χ3n) is 10.2. The average molecular weight is 536 g/mol. The minimum Gasteiger partial charge on any atom is -0.497 e. The van der Waals surface area contributed by atoms with Gasteiger partial charge in [0.2, 0.25) is 17.7 Å². The van der Waals surface area contributed by atoms with Crippen molar-refractivity contribution < 1.29 is 23.9 Å². The quantitative estimate of drug-likeness (QED) is 0.536. The van der Waals surface area contributed by atoms with E-state index in [0.717, 1.165) is 44.9 Å². The Morgan fingerprint density at radius 2 is 1.74 bits per heavy atom. The van der Waals surface area contributed by atoms with Crippen LogP contribution in [0.1, 0.15) is 65.2 Å². The molecule has 1 aromatic carbocycles. The summed E-state index contributed by atoms with van der Waals surface area (Å²) in [6, 6.07) is 6.44. The molecule has 210 valence electrons. The summed E-state index contributed by atoms with van der Waals surface area (Å²) in [6.45, 7) is 4.44. The Morgan fingerprint density at radius 3 is 2.46 bits per heavy atom. The van der Waals surface area contributed by atoms with Gasteiger partial charge in [-0.05, 0) is 55.4 Å². The second-order valence-corrected chi connectivity index (χ2v) is 12.3. The Hall–Kier alpha value is -2.87. The summed E-state index contributed by atoms with van der Waals surface area (Å²) in [7, 11) is 1.60. The van der Waals surface area contributed by atoms with Crippen LogP contribution in [0.15, 0.2) is 36.4 Å². The van der Waals surface area contributed by atoms with Crippen LogP contribution >= 0.6 is 0 Å². The molecule has 1 spiro atoms. The van der Waals surface area contributed by atoms with Crippen molar-refractivity contribution in [3.63, 3.8) is 0 Å². The molecule has 2 N–H and O–H groups in total. The maximum Gasteiger partial charge on any atom is 0.246 e. The lowest BCUT2D eigenvalue weighted by Gasteiger charge is -2.44. The fourth-order valence-electron chi connectivity index (χ4n) is 7.94. The monoisotopic (exact) mass is 535 g/mol.